The van der Waals surface area contributed by atoms with Crippen LogP contribution in [0.1, 0.15) is 24.2 Å². The second kappa shape index (κ2) is 3.70. The van der Waals surface area contributed by atoms with Gasteiger partial charge in [-0.3, -0.25) is 9.59 Å². The predicted octanol–water partition coefficient (Wildman–Crippen LogP) is 2.32. The van der Waals surface area contributed by atoms with Crippen LogP contribution in [0.3, 0.4) is 0 Å². The number of nitrogens with one attached hydrogen (secondary N) is 1. The molecule has 0 saturated heterocycles. The van der Waals surface area contributed by atoms with E-state index < -0.39 is 0 Å². The summed E-state index contributed by atoms with van der Waals surface area (Å²) in [7, 11) is 0. The summed E-state index contributed by atoms with van der Waals surface area (Å²) in [6.07, 6.45) is 0. The van der Waals surface area contributed by atoms with E-state index in [1.165, 1.54) is 18.7 Å². The molecule has 2 rings (SSSR count). The van der Waals surface area contributed by atoms with Crippen LogP contribution in [-0.4, -0.2) is 16.9 Å². The highest BCUT2D eigenvalue weighted by atomic mass is 32.2. The summed E-state index contributed by atoms with van der Waals surface area (Å²) < 4.78 is 0. The second-order valence-corrected chi connectivity index (χ2v) is 4.90. The maximum Gasteiger partial charge on any atom is 0.237 e. The second-order valence-electron chi connectivity index (χ2n) is 3.52. The van der Waals surface area contributed by atoms with Crippen molar-refractivity contribution in [2.24, 2.45) is 0 Å². The number of fused-ring (bicyclic) bond motifs is 1. The van der Waals surface area contributed by atoms with Crippen LogP contribution in [0.15, 0.2) is 23.1 Å². The Morgan fingerprint density at radius 1 is 1.47 bits per heavy atom. The van der Waals surface area contributed by atoms with Gasteiger partial charge < -0.3 is 5.32 Å². The van der Waals surface area contributed by atoms with Gasteiger partial charge in [0.1, 0.15) is 0 Å². The first-order valence-corrected chi connectivity index (χ1v) is 5.58. The summed E-state index contributed by atoms with van der Waals surface area (Å²) in [4.78, 5) is 23.5. The zero-order valence-corrected chi connectivity index (χ0v) is 9.35. The van der Waals surface area contributed by atoms with E-state index in [4.69, 9.17) is 0 Å². The number of carbonyl (C=O) groups excluding carboxylic acids is 2. The number of amides is 1. The topological polar surface area (TPSA) is 46.2 Å². The third kappa shape index (κ3) is 1.90. The Morgan fingerprint density at radius 2 is 2.20 bits per heavy atom. The van der Waals surface area contributed by atoms with Crippen molar-refractivity contribution in [2.45, 2.75) is 24.0 Å². The van der Waals surface area contributed by atoms with E-state index in [1.54, 1.807) is 12.1 Å². The summed E-state index contributed by atoms with van der Waals surface area (Å²) in [6, 6.07) is 5.35. The Morgan fingerprint density at radius 3 is 2.87 bits per heavy atom. The molecule has 1 aromatic carbocycles. The SMILES string of the molecule is CC(=O)c1ccc2c(c1)SC(C)C(=O)N2. The molecule has 1 heterocycles. The quantitative estimate of drug-likeness (QED) is 0.740. The molecule has 1 aliphatic heterocycles. The molecule has 3 nitrogen and oxygen atoms in total. The average Bonchev–Trinajstić information content (AvgIpc) is 2.19. The number of carbonyl (C=O) groups is 2. The molecule has 0 fully saturated rings. The molecule has 0 radical (unpaired) electrons. The van der Waals surface area contributed by atoms with Crippen molar-refractivity contribution in [3.05, 3.63) is 23.8 Å². The molecule has 1 unspecified atom stereocenters. The lowest BCUT2D eigenvalue weighted by Crippen LogP contribution is -2.26. The average molecular weight is 221 g/mol. The lowest BCUT2D eigenvalue weighted by atomic mass is 10.1. The largest absolute Gasteiger partial charge is 0.324 e. The van der Waals surface area contributed by atoms with Crippen molar-refractivity contribution >= 4 is 29.1 Å². The summed E-state index contributed by atoms with van der Waals surface area (Å²) in [5.74, 6) is 0.0611. The normalized spacial score (nSPS) is 19.3. The fourth-order valence-corrected chi connectivity index (χ4v) is 2.41. The molecule has 15 heavy (non-hydrogen) atoms. The van der Waals surface area contributed by atoms with Crippen molar-refractivity contribution in [3.8, 4) is 0 Å². The maximum atomic E-state index is 11.4. The molecule has 1 aromatic rings. The van der Waals surface area contributed by atoms with Crippen molar-refractivity contribution in [2.75, 3.05) is 5.32 Å². The van der Waals surface area contributed by atoms with Gasteiger partial charge in [0, 0.05) is 10.5 Å². The van der Waals surface area contributed by atoms with Crippen LogP contribution in [-0.2, 0) is 4.79 Å². The zero-order chi connectivity index (χ0) is 11.0. The maximum absolute atomic E-state index is 11.4. The van der Waals surface area contributed by atoms with Crippen LogP contribution in [0, 0.1) is 0 Å². The van der Waals surface area contributed by atoms with Crippen LogP contribution < -0.4 is 5.32 Å². The van der Waals surface area contributed by atoms with Crippen LogP contribution in [0.5, 0.6) is 0 Å². The number of anilines is 1. The Labute approximate surface area is 92.2 Å². The van der Waals surface area contributed by atoms with Gasteiger partial charge in [-0.25, -0.2) is 0 Å². The molecule has 0 bridgehead atoms. The molecular weight excluding hydrogens is 210 g/mol. The zero-order valence-electron chi connectivity index (χ0n) is 8.53. The number of ketones is 1. The van der Waals surface area contributed by atoms with Crippen molar-refractivity contribution < 1.29 is 9.59 Å². The van der Waals surface area contributed by atoms with E-state index in [0.717, 1.165) is 10.6 Å². The third-order valence-electron chi connectivity index (χ3n) is 2.32. The molecular formula is C11H11NO2S. The smallest absolute Gasteiger partial charge is 0.237 e. The molecule has 0 aliphatic carbocycles. The highest BCUT2D eigenvalue weighted by Gasteiger charge is 2.23. The number of thioether (sulfide) groups is 1. The van der Waals surface area contributed by atoms with E-state index in [2.05, 4.69) is 5.32 Å². The Balaban J connectivity index is 2.41. The van der Waals surface area contributed by atoms with Crippen molar-refractivity contribution in [3.63, 3.8) is 0 Å². The van der Waals surface area contributed by atoms with Gasteiger partial charge in [0.05, 0.1) is 10.9 Å². The summed E-state index contributed by atoms with van der Waals surface area (Å²) in [6.45, 7) is 3.39. The molecule has 1 amide bonds. The van der Waals surface area contributed by atoms with Gasteiger partial charge in [-0.15, -0.1) is 11.8 Å². The lowest BCUT2D eigenvalue weighted by molar-refractivity contribution is -0.115. The van der Waals surface area contributed by atoms with Crippen LogP contribution in [0.4, 0.5) is 5.69 Å². The van der Waals surface area contributed by atoms with E-state index in [1.807, 2.05) is 13.0 Å². The summed E-state index contributed by atoms with van der Waals surface area (Å²) in [5, 5.41) is 2.71. The minimum atomic E-state index is -0.0975. The first kappa shape index (κ1) is 10.2. The number of hydrogen-bond donors (Lipinski definition) is 1. The lowest BCUT2D eigenvalue weighted by Gasteiger charge is -2.21. The Hall–Kier alpha value is -1.29. The first-order chi connectivity index (χ1) is 7.08. The highest BCUT2D eigenvalue weighted by Crippen LogP contribution is 2.35. The monoisotopic (exact) mass is 221 g/mol. The Bertz CT molecular complexity index is 442. The number of benzene rings is 1. The number of hydrogen-bond acceptors (Lipinski definition) is 3. The summed E-state index contributed by atoms with van der Waals surface area (Å²) in [5.41, 5.74) is 1.48. The van der Waals surface area contributed by atoms with Gasteiger partial charge in [-0.2, -0.15) is 0 Å². The molecule has 1 N–H and O–H groups in total. The fourth-order valence-electron chi connectivity index (χ4n) is 1.42. The van der Waals surface area contributed by atoms with Gasteiger partial charge in [0.25, 0.3) is 0 Å². The van der Waals surface area contributed by atoms with Crippen LogP contribution in [0.25, 0.3) is 0 Å². The van der Waals surface area contributed by atoms with E-state index in [9.17, 15) is 9.59 Å². The molecule has 1 aliphatic rings. The number of rotatable bonds is 1. The fraction of sp³-hybridized carbons (Fsp3) is 0.273. The minimum Gasteiger partial charge on any atom is -0.324 e. The molecule has 78 valence electrons. The van der Waals surface area contributed by atoms with Gasteiger partial charge >= 0.3 is 0 Å². The van der Waals surface area contributed by atoms with Crippen LogP contribution >= 0.6 is 11.8 Å². The van der Waals surface area contributed by atoms with Gasteiger partial charge in [-0.05, 0) is 32.0 Å². The first-order valence-electron chi connectivity index (χ1n) is 4.70. The minimum absolute atomic E-state index is 0.0167. The molecule has 1 atom stereocenters. The van der Waals surface area contributed by atoms with Crippen LogP contribution in [0.2, 0.25) is 0 Å². The summed E-state index contributed by atoms with van der Waals surface area (Å²) >= 11 is 1.49. The molecule has 4 heteroatoms. The van der Waals surface area contributed by atoms with Crippen molar-refractivity contribution in [1.29, 1.82) is 0 Å². The van der Waals surface area contributed by atoms with E-state index >= 15 is 0 Å². The van der Waals surface area contributed by atoms with E-state index in [0.29, 0.717) is 5.56 Å². The Kier molecular flexibility index (Phi) is 2.52. The third-order valence-corrected chi connectivity index (χ3v) is 3.48. The van der Waals surface area contributed by atoms with Gasteiger partial charge in [-0.1, -0.05) is 0 Å². The molecule has 0 saturated carbocycles. The van der Waals surface area contributed by atoms with Gasteiger partial charge in [0.15, 0.2) is 5.78 Å². The molecule has 0 aromatic heterocycles. The highest BCUT2D eigenvalue weighted by molar-refractivity contribution is 8.00. The molecule has 0 spiro atoms. The van der Waals surface area contributed by atoms with Crippen molar-refractivity contribution in [1.82, 2.24) is 0 Å². The standard InChI is InChI=1S/C11H11NO2S/c1-6(13)8-3-4-9-10(5-8)15-7(2)11(14)12-9/h3-5,7H,1-2H3,(H,12,14). The number of Topliss-reactive ketones (excluding diaryl/α,β-unsaturated/α-hetero) is 1. The predicted molar refractivity (Wildman–Crippen MR) is 60.4 cm³/mol. The van der Waals surface area contributed by atoms with E-state index in [-0.39, 0.29) is 16.9 Å². The van der Waals surface area contributed by atoms with Gasteiger partial charge in [0.2, 0.25) is 5.91 Å².